The van der Waals surface area contributed by atoms with Crippen molar-refractivity contribution < 1.29 is 18.0 Å². The number of hydrogen-bond donors (Lipinski definition) is 1. The minimum absolute atomic E-state index is 0.0163. The standard InChI is InChI=1S/C18H14BrF3N4O/c1-9-14(19)16-23-8-12(15(18(20,21)22)26(16)25-9)17(27)24-13-7-6-10-4-2-3-5-11(10)13/h2-5,8,13H,6-7H2,1H3,(H,24,27)/t13-/m0/s1. The molecule has 0 aliphatic heterocycles. The molecular weight excluding hydrogens is 425 g/mol. The Morgan fingerprint density at radius 3 is 2.81 bits per heavy atom. The van der Waals surface area contributed by atoms with Crippen molar-refractivity contribution in [3.63, 3.8) is 0 Å². The normalized spacial score (nSPS) is 16.6. The van der Waals surface area contributed by atoms with Crippen LogP contribution in [0.3, 0.4) is 0 Å². The highest BCUT2D eigenvalue weighted by molar-refractivity contribution is 9.10. The van der Waals surface area contributed by atoms with E-state index in [0.717, 1.165) is 23.7 Å². The predicted molar refractivity (Wildman–Crippen MR) is 95.4 cm³/mol. The second-order valence-electron chi connectivity index (χ2n) is 6.42. The molecule has 0 saturated heterocycles. The molecule has 9 heteroatoms. The van der Waals surface area contributed by atoms with Gasteiger partial charge in [-0.2, -0.15) is 18.3 Å². The topological polar surface area (TPSA) is 59.3 Å². The summed E-state index contributed by atoms with van der Waals surface area (Å²) in [5, 5.41) is 6.62. The Morgan fingerprint density at radius 1 is 1.33 bits per heavy atom. The molecule has 0 spiro atoms. The van der Waals surface area contributed by atoms with Crippen LogP contribution in [0.25, 0.3) is 5.65 Å². The fourth-order valence-corrected chi connectivity index (χ4v) is 3.80. The minimum atomic E-state index is -4.76. The number of aromatic nitrogens is 3. The first-order chi connectivity index (χ1) is 12.8. The molecule has 0 radical (unpaired) electrons. The number of aryl methyl sites for hydroxylation is 2. The van der Waals surface area contributed by atoms with E-state index in [1.807, 2.05) is 24.3 Å². The maximum Gasteiger partial charge on any atom is 0.434 e. The highest BCUT2D eigenvalue weighted by Gasteiger charge is 2.40. The van der Waals surface area contributed by atoms with E-state index in [9.17, 15) is 18.0 Å². The quantitative estimate of drug-likeness (QED) is 0.650. The van der Waals surface area contributed by atoms with Crippen molar-refractivity contribution in [2.75, 3.05) is 0 Å². The Balaban J connectivity index is 1.76. The van der Waals surface area contributed by atoms with Gasteiger partial charge in [0.1, 0.15) is 0 Å². The zero-order valence-electron chi connectivity index (χ0n) is 14.1. The van der Waals surface area contributed by atoms with Crippen LogP contribution in [0, 0.1) is 6.92 Å². The lowest BCUT2D eigenvalue weighted by atomic mass is 10.1. The number of halogens is 4. The van der Waals surface area contributed by atoms with Gasteiger partial charge in [-0.1, -0.05) is 24.3 Å². The summed E-state index contributed by atoms with van der Waals surface area (Å²) >= 11 is 3.19. The summed E-state index contributed by atoms with van der Waals surface area (Å²) in [6.07, 6.45) is -2.38. The highest BCUT2D eigenvalue weighted by atomic mass is 79.9. The average Bonchev–Trinajstić information content (AvgIpc) is 3.15. The van der Waals surface area contributed by atoms with E-state index in [-0.39, 0.29) is 11.7 Å². The van der Waals surface area contributed by atoms with Crippen LogP contribution in [0.15, 0.2) is 34.9 Å². The number of rotatable bonds is 2. The number of carbonyl (C=O) groups excluding carboxylic acids is 1. The monoisotopic (exact) mass is 438 g/mol. The van der Waals surface area contributed by atoms with Crippen molar-refractivity contribution in [3.8, 4) is 0 Å². The molecule has 2 heterocycles. The van der Waals surface area contributed by atoms with Crippen LogP contribution in [0.5, 0.6) is 0 Å². The van der Waals surface area contributed by atoms with Gasteiger partial charge in [0.15, 0.2) is 11.3 Å². The molecule has 5 nitrogen and oxygen atoms in total. The molecule has 0 fully saturated rings. The molecule has 2 aromatic heterocycles. The molecule has 1 aliphatic rings. The van der Waals surface area contributed by atoms with E-state index in [2.05, 4.69) is 31.3 Å². The molecule has 1 aliphatic carbocycles. The maximum absolute atomic E-state index is 13.7. The first kappa shape index (κ1) is 18.0. The van der Waals surface area contributed by atoms with E-state index < -0.39 is 23.3 Å². The van der Waals surface area contributed by atoms with Crippen LogP contribution in [0.4, 0.5) is 13.2 Å². The molecule has 4 rings (SSSR count). The molecule has 1 aromatic carbocycles. The lowest BCUT2D eigenvalue weighted by Gasteiger charge is -2.17. The second kappa shape index (κ2) is 6.33. The first-order valence-electron chi connectivity index (χ1n) is 8.27. The van der Waals surface area contributed by atoms with Gasteiger partial charge in [-0.05, 0) is 46.8 Å². The number of hydrogen-bond acceptors (Lipinski definition) is 3. The van der Waals surface area contributed by atoms with Crippen LogP contribution in [0.2, 0.25) is 0 Å². The van der Waals surface area contributed by atoms with Gasteiger partial charge in [-0.3, -0.25) is 4.79 Å². The van der Waals surface area contributed by atoms with Gasteiger partial charge < -0.3 is 5.32 Å². The van der Waals surface area contributed by atoms with Crippen LogP contribution < -0.4 is 5.32 Å². The number of benzene rings is 1. The van der Waals surface area contributed by atoms with Crippen LogP contribution >= 0.6 is 15.9 Å². The molecular formula is C18H14BrF3N4O. The molecule has 0 saturated carbocycles. The van der Waals surface area contributed by atoms with Crippen molar-refractivity contribution in [2.45, 2.75) is 32.0 Å². The Morgan fingerprint density at radius 2 is 2.07 bits per heavy atom. The van der Waals surface area contributed by atoms with E-state index >= 15 is 0 Å². The SMILES string of the molecule is Cc1nn2c(C(F)(F)F)c(C(=O)N[C@H]3CCc4ccccc43)cnc2c1Br. The van der Waals surface area contributed by atoms with Gasteiger partial charge in [-0.25, -0.2) is 9.50 Å². The van der Waals surface area contributed by atoms with E-state index in [4.69, 9.17) is 0 Å². The third kappa shape index (κ3) is 2.99. The molecule has 1 N–H and O–H groups in total. The second-order valence-corrected chi connectivity index (χ2v) is 7.21. The third-order valence-corrected chi connectivity index (χ3v) is 5.63. The van der Waals surface area contributed by atoms with Gasteiger partial charge in [0.25, 0.3) is 5.91 Å². The number of carbonyl (C=O) groups is 1. The third-order valence-electron chi connectivity index (χ3n) is 4.70. The summed E-state index contributed by atoms with van der Waals surface area (Å²) in [5.74, 6) is -0.817. The van der Waals surface area contributed by atoms with E-state index in [1.54, 1.807) is 6.92 Å². The predicted octanol–water partition coefficient (Wildman–Crippen LogP) is 4.24. The van der Waals surface area contributed by atoms with Crippen molar-refractivity contribution in [1.29, 1.82) is 0 Å². The summed E-state index contributed by atoms with van der Waals surface area (Å²) in [7, 11) is 0. The van der Waals surface area contributed by atoms with Gasteiger partial charge in [0.05, 0.1) is 21.8 Å². The lowest BCUT2D eigenvalue weighted by Crippen LogP contribution is -2.31. The maximum atomic E-state index is 13.7. The smallest absolute Gasteiger partial charge is 0.345 e. The largest absolute Gasteiger partial charge is 0.434 e. The molecule has 3 aromatic rings. The van der Waals surface area contributed by atoms with Crippen LogP contribution in [0.1, 0.15) is 45.3 Å². The highest BCUT2D eigenvalue weighted by Crippen LogP contribution is 2.35. The fraction of sp³-hybridized carbons (Fsp3) is 0.278. The van der Waals surface area contributed by atoms with Crippen molar-refractivity contribution in [3.05, 3.63) is 63.0 Å². The average molecular weight is 439 g/mol. The lowest BCUT2D eigenvalue weighted by molar-refractivity contribution is -0.143. The van der Waals surface area contributed by atoms with Crippen LogP contribution in [-0.4, -0.2) is 20.5 Å². The first-order valence-corrected chi connectivity index (χ1v) is 9.06. The van der Waals surface area contributed by atoms with Crippen molar-refractivity contribution in [1.82, 2.24) is 19.9 Å². The number of nitrogens with one attached hydrogen (secondary N) is 1. The van der Waals surface area contributed by atoms with Gasteiger partial charge in [-0.15, -0.1) is 0 Å². The molecule has 0 unspecified atom stereocenters. The van der Waals surface area contributed by atoms with E-state index in [0.29, 0.717) is 21.1 Å². The fourth-order valence-electron chi connectivity index (χ4n) is 3.45. The van der Waals surface area contributed by atoms with E-state index in [1.165, 1.54) is 0 Å². The number of fused-ring (bicyclic) bond motifs is 2. The zero-order chi connectivity index (χ0) is 19.3. The molecule has 140 valence electrons. The molecule has 27 heavy (non-hydrogen) atoms. The number of amides is 1. The number of alkyl halides is 3. The van der Waals surface area contributed by atoms with Gasteiger partial charge >= 0.3 is 6.18 Å². The summed E-state index contributed by atoms with van der Waals surface area (Å²) in [6, 6.07) is 7.27. The minimum Gasteiger partial charge on any atom is -0.345 e. The van der Waals surface area contributed by atoms with Gasteiger partial charge in [0, 0.05) is 6.20 Å². The Hall–Kier alpha value is -2.42. The Labute approximate surface area is 160 Å². The molecule has 0 bridgehead atoms. The van der Waals surface area contributed by atoms with Crippen molar-refractivity contribution >= 4 is 27.5 Å². The molecule has 1 atom stereocenters. The van der Waals surface area contributed by atoms with Crippen LogP contribution in [-0.2, 0) is 12.6 Å². The zero-order valence-corrected chi connectivity index (χ0v) is 15.7. The van der Waals surface area contributed by atoms with Crippen molar-refractivity contribution in [2.24, 2.45) is 0 Å². The Kier molecular flexibility index (Phi) is 4.21. The molecule has 1 amide bonds. The summed E-state index contributed by atoms with van der Waals surface area (Å²) in [4.78, 5) is 16.7. The Bertz CT molecular complexity index is 1060. The van der Waals surface area contributed by atoms with Gasteiger partial charge in [0.2, 0.25) is 0 Å². The number of nitrogens with zero attached hydrogens (tertiary/aromatic N) is 3. The summed E-state index contributed by atoms with van der Waals surface area (Å²) in [6.45, 7) is 1.56. The summed E-state index contributed by atoms with van der Waals surface area (Å²) in [5.41, 5.74) is 0.725. The summed E-state index contributed by atoms with van der Waals surface area (Å²) < 4.78 is 42.3.